The average Bonchev–Trinajstić information content (AvgIpc) is 3.20. The van der Waals surface area contributed by atoms with Gasteiger partial charge in [0.2, 0.25) is 0 Å². The molecule has 0 bridgehead atoms. The largest absolute Gasteiger partial charge is 0.485 e. The summed E-state index contributed by atoms with van der Waals surface area (Å²) in [5, 5.41) is 8.81. The van der Waals surface area contributed by atoms with E-state index in [-0.39, 0.29) is 30.2 Å². The van der Waals surface area contributed by atoms with Gasteiger partial charge in [0.15, 0.2) is 0 Å². The lowest BCUT2D eigenvalue weighted by Gasteiger charge is -2.29. The van der Waals surface area contributed by atoms with Gasteiger partial charge in [0.05, 0.1) is 11.6 Å². The highest BCUT2D eigenvalue weighted by Crippen LogP contribution is 2.53. The van der Waals surface area contributed by atoms with Crippen molar-refractivity contribution < 1.29 is 14.3 Å². The third kappa shape index (κ3) is 3.55. The van der Waals surface area contributed by atoms with Gasteiger partial charge in [-0.3, -0.25) is 5.43 Å². The average molecular weight is 313 g/mol. The molecule has 0 aromatic heterocycles. The molecule has 2 amide bonds. The standard InChI is InChI=1S/C12H11NO2.CH5N3O.ClH/c1-12(2)11-10(14-11)8-5-7(6-13)3-4-9(8)15-12;2-1(5)4-3;/h3-5,10-11H,1-2H3;3H2,(H3,2,4,5);1H. The molecule has 2 atom stereocenters. The van der Waals surface area contributed by atoms with Crippen LogP contribution in [0.3, 0.4) is 0 Å². The number of nitrogens with two attached hydrogens (primary N) is 2. The van der Waals surface area contributed by atoms with Crippen molar-refractivity contribution in [2.75, 3.05) is 0 Å². The van der Waals surface area contributed by atoms with Crippen LogP contribution in [0.4, 0.5) is 4.79 Å². The lowest BCUT2D eigenvalue weighted by atomic mass is 9.93. The minimum absolute atomic E-state index is 0. The highest BCUT2D eigenvalue weighted by molar-refractivity contribution is 5.85. The number of hydrazine groups is 1. The van der Waals surface area contributed by atoms with Crippen molar-refractivity contribution in [1.29, 1.82) is 5.26 Å². The first-order valence-corrected chi connectivity index (χ1v) is 6.03. The Bertz CT molecular complexity index is 585. The van der Waals surface area contributed by atoms with Gasteiger partial charge in [-0.1, -0.05) is 0 Å². The van der Waals surface area contributed by atoms with Crippen LogP contribution in [0.15, 0.2) is 18.2 Å². The molecule has 7 nitrogen and oxygen atoms in total. The zero-order valence-electron chi connectivity index (χ0n) is 11.6. The van der Waals surface area contributed by atoms with Crippen molar-refractivity contribution >= 4 is 18.4 Å². The molecule has 1 aromatic carbocycles. The summed E-state index contributed by atoms with van der Waals surface area (Å²) < 4.78 is 11.4. The Morgan fingerprint density at radius 1 is 1.48 bits per heavy atom. The van der Waals surface area contributed by atoms with E-state index in [1.807, 2.05) is 26.0 Å². The third-order valence-corrected chi connectivity index (χ3v) is 3.14. The number of nitrogens with one attached hydrogen (secondary N) is 1. The third-order valence-electron chi connectivity index (χ3n) is 3.14. The predicted octanol–water partition coefficient (Wildman–Crippen LogP) is 1.12. The van der Waals surface area contributed by atoms with Crippen molar-refractivity contribution in [2.45, 2.75) is 31.7 Å². The minimum Gasteiger partial charge on any atom is -0.485 e. The number of hydrogen-bond donors (Lipinski definition) is 3. The van der Waals surface area contributed by atoms with E-state index < -0.39 is 6.03 Å². The van der Waals surface area contributed by atoms with Crippen molar-refractivity contribution in [1.82, 2.24) is 5.43 Å². The molecule has 8 heteroatoms. The Morgan fingerprint density at radius 3 is 2.62 bits per heavy atom. The summed E-state index contributed by atoms with van der Waals surface area (Å²) in [5.41, 5.74) is 7.50. The number of ether oxygens (including phenoxy) is 2. The minimum atomic E-state index is -0.718. The van der Waals surface area contributed by atoms with Crippen LogP contribution in [0.2, 0.25) is 0 Å². The fourth-order valence-corrected chi connectivity index (χ4v) is 2.15. The van der Waals surface area contributed by atoms with Gasteiger partial charge in [0.1, 0.15) is 23.6 Å². The van der Waals surface area contributed by atoms with Crippen LogP contribution in [-0.4, -0.2) is 17.7 Å². The van der Waals surface area contributed by atoms with Crippen molar-refractivity contribution in [2.24, 2.45) is 11.6 Å². The summed E-state index contributed by atoms with van der Waals surface area (Å²) in [6.07, 6.45) is 0.260. The fraction of sp³-hybridized carbons (Fsp3) is 0.385. The first kappa shape index (κ1) is 17.0. The second-order valence-electron chi connectivity index (χ2n) is 5.06. The molecule has 114 valence electrons. The zero-order chi connectivity index (χ0) is 14.9. The van der Waals surface area contributed by atoms with Gasteiger partial charge in [0, 0.05) is 5.56 Å². The molecular formula is C13H17ClN4O3. The maximum absolute atomic E-state index is 9.35. The number of rotatable bonds is 0. The number of carbonyl (C=O) groups is 1. The Labute approximate surface area is 128 Å². The molecule has 5 N–H and O–H groups in total. The number of halogens is 1. The quantitative estimate of drug-likeness (QED) is 0.286. The molecule has 21 heavy (non-hydrogen) atoms. The molecule has 2 unspecified atom stereocenters. The smallest absolute Gasteiger partial charge is 0.326 e. The van der Waals surface area contributed by atoms with Crippen LogP contribution < -0.4 is 21.7 Å². The van der Waals surface area contributed by atoms with Gasteiger partial charge in [-0.05, 0) is 32.0 Å². The lowest BCUT2D eigenvalue weighted by Crippen LogP contribution is -2.37. The Morgan fingerprint density at radius 2 is 2.10 bits per heavy atom. The number of urea groups is 1. The summed E-state index contributed by atoms with van der Waals surface area (Å²) in [4.78, 5) is 9.35. The highest BCUT2D eigenvalue weighted by Gasteiger charge is 2.56. The molecule has 1 aromatic rings. The van der Waals surface area contributed by atoms with E-state index in [9.17, 15) is 4.79 Å². The maximum Gasteiger partial charge on any atom is 0.326 e. The number of nitriles is 1. The maximum atomic E-state index is 9.35. The zero-order valence-corrected chi connectivity index (χ0v) is 12.4. The van der Waals surface area contributed by atoms with E-state index in [0.29, 0.717) is 5.56 Å². The van der Waals surface area contributed by atoms with Crippen molar-refractivity contribution in [3.8, 4) is 11.8 Å². The van der Waals surface area contributed by atoms with Crippen LogP contribution >= 0.6 is 12.4 Å². The van der Waals surface area contributed by atoms with E-state index in [4.69, 9.17) is 14.7 Å². The molecule has 0 aliphatic carbocycles. The summed E-state index contributed by atoms with van der Waals surface area (Å²) in [5.74, 6) is 5.29. The molecule has 3 rings (SSSR count). The van der Waals surface area contributed by atoms with Gasteiger partial charge < -0.3 is 15.2 Å². The normalized spacial score (nSPS) is 22.6. The van der Waals surface area contributed by atoms with Crippen molar-refractivity contribution in [3.05, 3.63) is 29.3 Å². The van der Waals surface area contributed by atoms with Crippen LogP contribution in [0, 0.1) is 11.3 Å². The molecule has 0 spiro atoms. The number of carbonyl (C=O) groups excluding carboxylic acids is 1. The van der Waals surface area contributed by atoms with E-state index >= 15 is 0 Å². The molecule has 0 radical (unpaired) electrons. The first-order valence-electron chi connectivity index (χ1n) is 6.03. The summed E-state index contributed by atoms with van der Waals surface area (Å²) in [6, 6.07) is 6.89. The number of nitrogens with zero attached hydrogens (tertiary/aromatic N) is 1. The summed E-state index contributed by atoms with van der Waals surface area (Å²) >= 11 is 0. The number of hydrogen-bond acceptors (Lipinski definition) is 5. The summed E-state index contributed by atoms with van der Waals surface area (Å²) in [7, 11) is 0. The SMILES string of the molecule is CC1(C)Oc2ccc(C#N)cc2C2OC21.Cl.NNC(N)=O. The monoisotopic (exact) mass is 312 g/mol. The Hall–Kier alpha value is -2.01. The molecule has 0 saturated carbocycles. The van der Waals surface area contributed by atoms with E-state index in [1.54, 1.807) is 11.5 Å². The van der Waals surface area contributed by atoms with Crippen LogP contribution in [0.5, 0.6) is 5.75 Å². The molecule has 2 aliphatic rings. The number of fused-ring (bicyclic) bond motifs is 3. The first-order chi connectivity index (χ1) is 9.39. The molecule has 1 fully saturated rings. The second-order valence-corrected chi connectivity index (χ2v) is 5.06. The van der Waals surface area contributed by atoms with Gasteiger partial charge in [-0.15, -0.1) is 12.4 Å². The lowest BCUT2D eigenvalue weighted by molar-refractivity contribution is 0.0725. The Balaban J connectivity index is 0.000000324. The van der Waals surface area contributed by atoms with Gasteiger partial charge in [0.25, 0.3) is 0 Å². The molecular weight excluding hydrogens is 296 g/mol. The van der Waals surface area contributed by atoms with Crippen LogP contribution in [0.1, 0.15) is 31.1 Å². The van der Waals surface area contributed by atoms with Gasteiger partial charge in [-0.2, -0.15) is 5.26 Å². The van der Waals surface area contributed by atoms with E-state index in [0.717, 1.165) is 11.3 Å². The number of epoxide rings is 1. The fourth-order valence-electron chi connectivity index (χ4n) is 2.15. The Kier molecular flexibility index (Phi) is 5.01. The topological polar surface area (TPSA) is 127 Å². The van der Waals surface area contributed by atoms with Gasteiger partial charge >= 0.3 is 6.03 Å². The summed E-state index contributed by atoms with van der Waals surface area (Å²) in [6.45, 7) is 4.05. The molecule has 2 aliphatic heterocycles. The van der Waals surface area contributed by atoms with Gasteiger partial charge in [-0.25, -0.2) is 10.6 Å². The van der Waals surface area contributed by atoms with E-state index in [1.165, 1.54) is 0 Å². The van der Waals surface area contributed by atoms with Crippen molar-refractivity contribution in [3.63, 3.8) is 0 Å². The van der Waals surface area contributed by atoms with Crippen LogP contribution in [-0.2, 0) is 4.74 Å². The predicted molar refractivity (Wildman–Crippen MR) is 77.6 cm³/mol. The number of benzene rings is 1. The molecule has 1 saturated heterocycles. The number of amides is 2. The molecule has 2 heterocycles. The van der Waals surface area contributed by atoms with E-state index in [2.05, 4.69) is 17.6 Å². The van der Waals surface area contributed by atoms with Crippen LogP contribution in [0.25, 0.3) is 0 Å². The number of primary amides is 1. The highest BCUT2D eigenvalue weighted by atomic mass is 35.5. The second kappa shape index (κ2) is 6.18.